The van der Waals surface area contributed by atoms with Gasteiger partial charge in [-0.1, -0.05) is 23.7 Å². The lowest BCUT2D eigenvalue weighted by atomic mass is 10.2. The molecule has 26 heavy (non-hydrogen) atoms. The zero-order chi connectivity index (χ0) is 18.5. The third-order valence-corrected chi connectivity index (χ3v) is 5.44. The standard InChI is InChI=1S/C18H18ClNO5S/c1-12(21)20-14(11-26-17(20)16-7-4-8-23-16)18(22)25-10-9-24-15-6-3-2-5-13(15)19/h2-8,14,17H,9-11H2,1H3/t14-,17-/m0/s1. The maximum absolute atomic E-state index is 12.4. The van der Waals surface area contributed by atoms with Crippen LogP contribution in [0.15, 0.2) is 47.1 Å². The van der Waals surface area contributed by atoms with E-state index in [4.69, 9.17) is 25.5 Å². The van der Waals surface area contributed by atoms with Crippen LogP contribution in [0.25, 0.3) is 0 Å². The number of ether oxygens (including phenoxy) is 2. The quantitative estimate of drug-likeness (QED) is 0.550. The number of benzene rings is 1. The fraction of sp³-hybridized carbons (Fsp3) is 0.333. The highest BCUT2D eigenvalue weighted by Crippen LogP contribution is 2.41. The number of hydrogen-bond acceptors (Lipinski definition) is 6. The van der Waals surface area contributed by atoms with Crippen molar-refractivity contribution in [2.45, 2.75) is 18.3 Å². The van der Waals surface area contributed by atoms with E-state index >= 15 is 0 Å². The highest BCUT2D eigenvalue weighted by atomic mass is 35.5. The first-order valence-corrected chi connectivity index (χ1v) is 9.48. The molecule has 3 rings (SSSR count). The summed E-state index contributed by atoms with van der Waals surface area (Å²) in [4.78, 5) is 26.0. The van der Waals surface area contributed by atoms with E-state index in [0.29, 0.717) is 22.3 Å². The second kappa shape index (κ2) is 8.51. The average Bonchev–Trinajstić information content (AvgIpc) is 3.28. The highest BCUT2D eigenvalue weighted by molar-refractivity contribution is 7.99. The molecule has 0 saturated carbocycles. The van der Waals surface area contributed by atoms with E-state index in [0.717, 1.165) is 0 Å². The average molecular weight is 396 g/mol. The molecule has 2 atom stereocenters. The molecular weight excluding hydrogens is 378 g/mol. The second-order valence-corrected chi connectivity index (χ2v) is 7.11. The Hall–Kier alpha value is -2.12. The first kappa shape index (κ1) is 18.7. The van der Waals surface area contributed by atoms with Gasteiger partial charge in [0.15, 0.2) is 0 Å². The number of para-hydroxylation sites is 1. The summed E-state index contributed by atoms with van der Waals surface area (Å²) in [7, 11) is 0. The smallest absolute Gasteiger partial charge is 0.329 e. The lowest BCUT2D eigenvalue weighted by Crippen LogP contribution is -2.43. The van der Waals surface area contributed by atoms with Gasteiger partial charge in [-0.05, 0) is 24.3 Å². The molecule has 0 aliphatic carbocycles. The molecule has 0 N–H and O–H groups in total. The molecule has 0 bridgehead atoms. The van der Waals surface area contributed by atoms with Gasteiger partial charge in [0.1, 0.15) is 36.1 Å². The minimum Gasteiger partial charge on any atom is -0.488 e. The fourth-order valence-corrected chi connectivity index (χ4v) is 4.28. The molecular formula is C18H18ClNO5S. The number of hydrogen-bond donors (Lipinski definition) is 0. The first-order valence-electron chi connectivity index (χ1n) is 8.06. The molecule has 1 aromatic carbocycles. The number of carbonyl (C=O) groups is 2. The molecule has 8 heteroatoms. The van der Waals surface area contributed by atoms with Crippen molar-refractivity contribution in [2.75, 3.05) is 19.0 Å². The molecule has 138 valence electrons. The topological polar surface area (TPSA) is 69.0 Å². The van der Waals surface area contributed by atoms with Crippen molar-refractivity contribution in [3.63, 3.8) is 0 Å². The van der Waals surface area contributed by atoms with Gasteiger partial charge in [0.2, 0.25) is 5.91 Å². The zero-order valence-electron chi connectivity index (χ0n) is 14.1. The van der Waals surface area contributed by atoms with Crippen molar-refractivity contribution >= 4 is 35.2 Å². The predicted molar refractivity (Wildman–Crippen MR) is 98.1 cm³/mol. The third kappa shape index (κ3) is 4.16. The van der Waals surface area contributed by atoms with E-state index < -0.39 is 12.0 Å². The summed E-state index contributed by atoms with van der Waals surface area (Å²) in [5, 5.41) is 0.175. The molecule has 2 aromatic rings. The Kier molecular flexibility index (Phi) is 6.11. The van der Waals surface area contributed by atoms with Crippen molar-refractivity contribution in [1.82, 2.24) is 4.90 Å². The van der Waals surface area contributed by atoms with Crippen molar-refractivity contribution in [1.29, 1.82) is 0 Å². The lowest BCUT2D eigenvalue weighted by molar-refractivity contribution is -0.154. The van der Waals surface area contributed by atoms with Crippen LogP contribution in [0.5, 0.6) is 5.75 Å². The molecule has 1 aliphatic heterocycles. The Balaban J connectivity index is 1.54. The van der Waals surface area contributed by atoms with Crippen LogP contribution >= 0.6 is 23.4 Å². The molecule has 1 aromatic heterocycles. The SMILES string of the molecule is CC(=O)N1[C@H](C(=O)OCCOc2ccccc2Cl)CS[C@H]1c1ccco1. The number of thioether (sulfide) groups is 1. The van der Waals surface area contributed by atoms with Gasteiger partial charge in [0.25, 0.3) is 0 Å². The van der Waals surface area contributed by atoms with E-state index in [1.165, 1.54) is 23.6 Å². The molecule has 0 radical (unpaired) electrons. The van der Waals surface area contributed by atoms with Crippen LogP contribution in [0.2, 0.25) is 5.02 Å². The zero-order valence-corrected chi connectivity index (χ0v) is 15.7. The Morgan fingerprint density at radius 2 is 2.08 bits per heavy atom. The molecule has 1 fully saturated rings. The summed E-state index contributed by atoms with van der Waals surface area (Å²) in [5.41, 5.74) is 0. The number of furan rings is 1. The summed E-state index contributed by atoms with van der Waals surface area (Å²) in [6, 6.07) is 9.97. The van der Waals surface area contributed by atoms with E-state index in [-0.39, 0.29) is 24.5 Å². The third-order valence-electron chi connectivity index (χ3n) is 3.84. The van der Waals surface area contributed by atoms with Gasteiger partial charge in [0, 0.05) is 12.7 Å². The Morgan fingerprint density at radius 3 is 2.77 bits per heavy atom. The van der Waals surface area contributed by atoms with Crippen molar-refractivity contribution in [2.24, 2.45) is 0 Å². The molecule has 1 saturated heterocycles. The monoisotopic (exact) mass is 395 g/mol. The van der Waals surface area contributed by atoms with E-state index in [9.17, 15) is 9.59 Å². The van der Waals surface area contributed by atoms with E-state index in [2.05, 4.69) is 0 Å². The number of halogens is 1. The van der Waals surface area contributed by atoms with Gasteiger partial charge in [-0.3, -0.25) is 4.79 Å². The summed E-state index contributed by atoms with van der Waals surface area (Å²) in [6.45, 7) is 1.68. The minimum atomic E-state index is -0.645. The van der Waals surface area contributed by atoms with Crippen LogP contribution in [-0.2, 0) is 14.3 Å². The Bertz CT molecular complexity index is 767. The van der Waals surface area contributed by atoms with Gasteiger partial charge in [-0.15, -0.1) is 11.8 Å². The lowest BCUT2D eigenvalue weighted by Gasteiger charge is -2.25. The predicted octanol–water partition coefficient (Wildman–Crippen LogP) is 3.52. The molecule has 0 unspecified atom stereocenters. The van der Waals surface area contributed by atoms with Gasteiger partial charge >= 0.3 is 5.97 Å². The number of esters is 1. The Morgan fingerprint density at radius 1 is 1.27 bits per heavy atom. The van der Waals surface area contributed by atoms with Crippen molar-refractivity contribution in [3.8, 4) is 5.75 Å². The van der Waals surface area contributed by atoms with Crippen LogP contribution in [0, 0.1) is 0 Å². The molecule has 6 nitrogen and oxygen atoms in total. The van der Waals surface area contributed by atoms with Crippen molar-refractivity contribution in [3.05, 3.63) is 53.4 Å². The highest BCUT2D eigenvalue weighted by Gasteiger charge is 2.43. The summed E-state index contributed by atoms with van der Waals surface area (Å²) in [5.74, 6) is 0.970. The largest absolute Gasteiger partial charge is 0.488 e. The van der Waals surface area contributed by atoms with Gasteiger partial charge in [-0.2, -0.15) is 0 Å². The summed E-state index contributed by atoms with van der Waals surface area (Å²) < 4.78 is 16.2. The van der Waals surface area contributed by atoms with Gasteiger partial charge in [0.05, 0.1) is 11.3 Å². The van der Waals surface area contributed by atoms with Crippen LogP contribution in [0.1, 0.15) is 18.1 Å². The minimum absolute atomic E-state index is 0.0718. The number of nitrogens with zero attached hydrogens (tertiary/aromatic N) is 1. The maximum atomic E-state index is 12.4. The summed E-state index contributed by atoms with van der Waals surface area (Å²) in [6.07, 6.45) is 1.55. The summed E-state index contributed by atoms with van der Waals surface area (Å²) >= 11 is 7.47. The van der Waals surface area contributed by atoms with Crippen molar-refractivity contribution < 1.29 is 23.5 Å². The number of carbonyl (C=O) groups excluding carboxylic acids is 2. The van der Waals surface area contributed by atoms with Crippen LogP contribution in [-0.4, -0.2) is 41.8 Å². The number of rotatable bonds is 6. The molecule has 2 heterocycles. The normalized spacial score (nSPS) is 19.4. The molecule has 0 spiro atoms. The van der Waals surface area contributed by atoms with Crippen LogP contribution in [0.4, 0.5) is 0 Å². The van der Waals surface area contributed by atoms with Gasteiger partial charge in [-0.25, -0.2) is 4.79 Å². The molecule has 1 amide bonds. The fourth-order valence-electron chi connectivity index (χ4n) is 2.68. The van der Waals surface area contributed by atoms with Crippen LogP contribution < -0.4 is 4.74 Å². The molecule has 1 aliphatic rings. The first-order chi connectivity index (χ1) is 12.6. The maximum Gasteiger partial charge on any atom is 0.329 e. The number of amides is 1. The van der Waals surface area contributed by atoms with E-state index in [1.54, 1.807) is 36.6 Å². The van der Waals surface area contributed by atoms with Gasteiger partial charge < -0.3 is 18.8 Å². The second-order valence-electron chi connectivity index (χ2n) is 5.59. The van der Waals surface area contributed by atoms with E-state index in [1.807, 2.05) is 6.07 Å². The van der Waals surface area contributed by atoms with Crippen LogP contribution in [0.3, 0.4) is 0 Å². The Labute approximate surface area is 160 Å².